The Morgan fingerprint density at radius 2 is 1.42 bits per heavy atom. The average molecular weight is 304 g/mol. The van der Waals surface area contributed by atoms with E-state index in [2.05, 4.69) is 11.1 Å². The van der Waals surface area contributed by atoms with Crippen LogP contribution in [-0.4, -0.2) is 18.9 Å². The summed E-state index contributed by atoms with van der Waals surface area (Å²) in [7, 11) is -4.63. The van der Waals surface area contributed by atoms with E-state index >= 15 is 0 Å². The molecule has 0 saturated heterocycles. The molecule has 0 radical (unpaired) electrons. The SMILES string of the molecule is CCCCCCCCCCCC(=O)OS(=O)(=O)O.[H-].[Na+]. The van der Waals surface area contributed by atoms with Crippen LogP contribution in [0.25, 0.3) is 0 Å². The second kappa shape index (κ2) is 13.4. The smallest absolute Gasteiger partial charge is 1.00 e. The molecular weight excluding hydrogens is 279 g/mol. The van der Waals surface area contributed by atoms with Crippen molar-refractivity contribution in [1.29, 1.82) is 0 Å². The van der Waals surface area contributed by atoms with Crippen LogP contribution in [0.15, 0.2) is 0 Å². The van der Waals surface area contributed by atoms with Gasteiger partial charge < -0.3 is 5.61 Å². The second-order valence-electron chi connectivity index (χ2n) is 4.46. The molecule has 0 aromatic rings. The quantitative estimate of drug-likeness (QED) is 0.339. The Morgan fingerprint density at radius 3 is 1.84 bits per heavy atom. The fourth-order valence-corrected chi connectivity index (χ4v) is 2.06. The van der Waals surface area contributed by atoms with Crippen LogP contribution in [0.4, 0.5) is 0 Å². The maximum absolute atomic E-state index is 10.9. The molecule has 0 atom stereocenters. The number of carbonyl (C=O) groups excluding carboxylic acids is 1. The molecule has 0 amide bonds. The van der Waals surface area contributed by atoms with Crippen molar-refractivity contribution in [3.63, 3.8) is 0 Å². The molecule has 0 fully saturated rings. The predicted octanol–water partition coefficient (Wildman–Crippen LogP) is 0.370. The molecule has 0 aliphatic rings. The summed E-state index contributed by atoms with van der Waals surface area (Å²) in [6.07, 6.45) is 10.0. The van der Waals surface area contributed by atoms with Crippen molar-refractivity contribution < 1.29 is 52.9 Å². The Bertz CT molecular complexity index is 322. The first-order valence-corrected chi connectivity index (χ1v) is 8.02. The van der Waals surface area contributed by atoms with E-state index in [1.54, 1.807) is 0 Å². The van der Waals surface area contributed by atoms with E-state index < -0.39 is 16.4 Å². The summed E-state index contributed by atoms with van der Waals surface area (Å²) in [5.41, 5.74) is 0. The summed E-state index contributed by atoms with van der Waals surface area (Å²) < 4.78 is 32.5. The summed E-state index contributed by atoms with van der Waals surface area (Å²) in [5, 5.41) is 0. The first-order chi connectivity index (χ1) is 8.45. The fraction of sp³-hybridized carbons (Fsp3) is 0.917. The molecule has 110 valence electrons. The largest absolute Gasteiger partial charge is 1.00 e. The minimum atomic E-state index is -4.63. The average Bonchev–Trinajstić information content (AvgIpc) is 2.24. The van der Waals surface area contributed by atoms with Gasteiger partial charge in [-0.2, -0.15) is 8.42 Å². The second-order valence-corrected chi connectivity index (χ2v) is 5.48. The Morgan fingerprint density at radius 1 is 1.00 bits per heavy atom. The minimum Gasteiger partial charge on any atom is -1.00 e. The van der Waals surface area contributed by atoms with Crippen LogP contribution in [0, 0.1) is 0 Å². The molecule has 0 rings (SSSR count). The van der Waals surface area contributed by atoms with E-state index in [0.29, 0.717) is 6.42 Å². The van der Waals surface area contributed by atoms with Crippen molar-refractivity contribution in [3.05, 3.63) is 0 Å². The van der Waals surface area contributed by atoms with Crippen molar-refractivity contribution in [2.45, 2.75) is 71.1 Å². The molecule has 0 aromatic heterocycles. The van der Waals surface area contributed by atoms with Crippen molar-refractivity contribution in [2.75, 3.05) is 0 Å². The van der Waals surface area contributed by atoms with Crippen molar-refractivity contribution in [2.24, 2.45) is 0 Å². The molecule has 0 bridgehead atoms. The van der Waals surface area contributed by atoms with Gasteiger partial charge in [-0.3, -0.25) is 9.35 Å². The Hall–Kier alpha value is 0.380. The predicted molar refractivity (Wildman–Crippen MR) is 70.6 cm³/mol. The topological polar surface area (TPSA) is 80.7 Å². The van der Waals surface area contributed by atoms with Crippen molar-refractivity contribution in [3.8, 4) is 0 Å². The monoisotopic (exact) mass is 304 g/mol. The molecule has 0 saturated carbocycles. The molecule has 7 heteroatoms. The van der Waals surface area contributed by atoms with Crippen LogP contribution in [0.1, 0.15) is 72.6 Å². The molecule has 0 aliphatic heterocycles. The third-order valence-electron chi connectivity index (χ3n) is 2.68. The maximum Gasteiger partial charge on any atom is 1.00 e. The van der Waals surface area contributed by atoms with Gasteiger partial charge in [0.2, 0.25) is 0 Å². The third kappa shape index (κ3) is 18.4. The standard InChI is InChI=1S/C12H24O5S.Na.H/c1-2-3-4-5-6-7-8-9-10-11-12(13)17-18(14,15)16;;/h2-11H2,1H3,(H,14,15,16);;/q;+1;-1. The zero-order valence-electron chi connectivity index (χ0n) is 13.1. The van der Waals surface area contributed by atoms with Gasteiger partial charge in [-0.05, 0) is 6.42 Å². The molecule has 0 aromatic carbocycles. The van der Waals surface area contributed by atoms with E-state index in [1.165, 1.54) is 32.1 Å². The van der Waals surface area contributed by atoms with Gasteiger partial charge in [0.15, 0.2) is 0 Å². The van der Waals surface area contributed by atoms with E-state index in [1.807, 2.05) is 0 Å². The summed E-state index contributed by atoms with van der Waals surface area (Å²) in [6.45, 7) is 2.19. The molecule has 0 aliphatic carbocycles. The molecular formula is C12H25NaO5S. The summed E-state index contributed by atoms with van der Waals surface area (Å²) in [4.78, 5) is 10.9. The first kappa shape index (κ1) is 21.7. The van der Waals surface area contributed by atoms with Gasteiger partial charge in [-0.25, -0.2) is 0 Å². The number of hydrogen-bond donors (Lipinski definition) is 1. The fourth-order valence-electron chi connectivity index (χ4n) is 1.74. The van der Waals surface area contributed by atoms with Crippen molar-refractivity contribution in [1.82, 2.24) is 0 Å². The first-order valence-electron chi connectivity index (χ1n) is 6.65. The number of rotatable bonds is 11. The van der Waals surface area contributed by atoms with Gasteiger partial charge in [-0.1, -0.05) is 58.3 Å². The van der Waals surface area contributed by atoms with Gasteiger partial charge >= 0.3 is 45.9 Å². The molecule has 5 nitrogen and oxygen atoms in total. The summed E-state index contributed by atoms with van der Waals surface area (Å²) in [6, 6.07) is 0. The zero-order chi connectivity index (χ0) is 13.9. The Labute approximate surface area is 140 Å². The van der Waals surface area contributed by atoms with Crippen LogP contribution in [-0.2, 0) is 19.4 Å². The van der Waals surface area contributed by atoms with Crippen LogP contribution in [0.3, 0.4) is 0 Å². The van der Waals surface area contributed by atoms with Gasteiger partial charge in [-0.15, -0.1) is 0 Å². The normalized spacial score (nSPS) is 10.8. The summed E-state index contributed by atoms with van der Waals surface area (Å²) in [5.74, 6) is -0.888. The van der Waals surface area contributed by atoms with Crippen molar-refractivity contribution >= 4 is 16.4 Å². The minimum absolute atomic E-state index is 0. The Balaban J connectivity index is -0.00000144. The van der Waals surface area contributed by atoms with Crippen LogP contribution in [0.2, 0.25) is 0 Å². The van der Waals surface area contributed by atoms with Gasteiger partial charge in [0.25, 0.3) is 0 Å². The molecule has 19 heavy (non-hydrogen) atoms. The van der Waals surface area contributed by atoms with Crippen LogP contribution >= 0.6 is 0 Å². The molecule has 0 spiro atoms. The molecule has 0 heterocycles. The van der Waals surface area contributed by atoms with Gasteiger partial charge in [0.1, 0.15) is 0 Å². The van der Waals surface area contributed by atoms with E-state index in [0.717, 1.165) is 19.3 Å². The van der Waals surface area contributed by atoms with Crippen LogP contribution < -0.4 is 29.6 Å². The van der Waals surface area contributed by atoms with E-state index in [-0.39, 0.29) is 37.4 Å². The van der Waals surface area contributed by atoms with Gasteiger partial charge in [0, 0.05) is 6.42 Å². The molecule has 1 N–H and O–H groups in total. The molecule has 0 unspecified atom stereocenters. The number of hydrogen-bond acceptors (Lipinski definition) is 4. The number of unbranched alkanes of at least 4 members (excludes halogenated alkanes) is 8. The zero-order valence-corrected chi connectivity index (χ0v) is 14.9. The van der Waals surface area contributed by atoms with Gasteiger partial charge in [0.05, 0.1) is 0 Å². The summed E-state index contributed by atoms with van der Waals surface area (Å²) >= 11 is 0. The maximum atomic E-state index is 10.9. The number of carbonyl (C=O) groups is 1. The van der Waals surface area contributed by atoms with E-state index in [9.17, 15) is 13.2 Å². The third-order valence-corrected chi connectivity index (χ3v) is 3.08. The Kier molecular flexibility index (Phi) is 15.2. The van der Waals surface area contributed by atoms with Crippen LogP contribution in [0.5, 0.6) is 0 Å². The van der Waals surface area contributed by atoms with E-state index in [4.69, 9.17) is 4.55 Å².